The summed E-state index contributed by atoms with van der Waals surface area (Å²) in [5.41, 5.74) is 0.414. The molecule has 0 bridgehead atoms. The molecular formula is C8H5LiN2O2. The summed E-state index contributed by atoms with van der Waals surface area (Å²) in [5, 5.41) is 11.3. The molecule has 5 heteroatoms. The average molecular weight is 168 g/mol. The largest absolute Gasteiger partial charge is 1.00 e. The van der Waals surface area contributed by atoms with Gasteiger partial charge in [0.1, 0.15) is 11.7 Å². The Morgan fingerprint density at radius 3 is 2.92 bits per heavy atom. The van der Waals surface area contributed by atoms with Gasteiger partial charge in [-0.3, -0.25) is 4.57 Å². The van der Waals surface area contributed by atoms with Crippen molar-refractivity contribution < 1.29 is 28.8 Å². The number of carbonyl (C=O) groups is 1. The van der Waals surface area contributed by atoms with Crippen LogP contribution in [0.2, 0.25) is 0 Å². The second-order valence-electron chi connectivity index (χ2n) is 2.37. The van der Waals surface area contributed by atoms with Crippen molar-refractivity contribution in [2.75, 3.05) is 0 Å². The van der Waals surface area contributed by atoms with Gasteiger partial charge in [0.25, 0.3) is 0 Å². The summed E-state index contributed by atoms with van der Waals surface area (Å²) in [6.45, 7) is 0. The van der Waals surface area contributed by atoms with Crippen molar-refractivity contribution in [1.29, 1.82) is 0 Å². The molecule has 60 valence electrons. The minimum Gasteiger partial charge on any atom is -0.529 e. The van der Waals surface area contributed by atoms with Crippen molar-refractivity contribution in [3.8, 4) is 0 Å². The van der Waals surface area contributed by atoms with E-state index in [2.05, 4.69) is 4.98 Å². The fraction of sp³-hybridized carbons (Fsp3) is 0. The topological polar surface area (TPSA) is 57.9 Å². The van der Waals surface area contributed by atoms with Crippen molar-refractivity contribution in [2.45, 2.75) is 0 Å². The van der Waals surface area contributed by atoms with Gasteiger partial charge in [-0.1, -0.05) is 0 Å². The first-order chi connectivity index (χ1) is 5.79. The van der Waals surface area contributed by atoms with E-state index in [0.29, 0.717) is 5.65 Å². The quantitative estimate of drug-likeness (QED) is 0.400. The first-order valence-corrected chi connectivity index (χ1v) is 3.42. The summed E-state index contributed by atoms with van der Waals surface area (Å²) in [7, 11) is 0. The Kier molecular flexibility index (Phi) is 2.76. The van der Waals surface area contributed by atoms with Gasteiger partial charge >= 0.3 is 18.9 Å². The van der Waals surface area contributed by atoms with Crippen LogP contribution in [0.4, 0.5) is 4.79 Å². The molecule has 0 unspecified atom stereocenters. The first-order valence-electron chi connectivity index (χ1n) is 3.42. The van der Waals surface area contributed by atoms with Gasteiger partial charge in [0.15, 0.2) is 0 Å². The number of rotatable bonds is 0. The van der Waals surface area contributed by atoms with Gasteiger partial charge in [-0.15, -0.1) is 0 Å². The van der Waals surface area contributed by atoms with Crippen LogP contribution in [0.5, 0.6) is 0 Å². The fourth-order valence-corrected chi connectivity index (χ4v) is 1.11. The Labute approximate surface area is 86.4 Å². The summed E-state index contributed by atoms with van der Waals surface area (Å²) in [4.78, 5) is 14.4. The zero-order valence-electron chi connectivity index (χ0n) is 7.10. The summed E-state index contributed by atoms with van der Waals surface area (Å²) >= 11 is 0. The Morgan fingerprint density at radius 2 is 2.23 bits per heavy atom. The molecule has 0 saturated carbocycles. The summed E-state index contributed by atoms with van der Waals surface area (Å²) in [5.74, 6) is 0. The number of aromatic nitrogens is 2. The Bertz CT molecular complexity index is 438. The van der Waals surface area contributed by atoms with Crippen LogP contribution in [-0.4, -0.2) is 15.6 Å². The van der Waals surface area contributed by atoms with E-state index in [0.717, 1.165) is 9.95 Å². The van der Waals surface area contributed by atoms with Gasteiger partial charge < -0.3 is 9.90 Å². The predicted molar refractivity (Wildman–Crippen MR) is 40.5 cm³/mol. The molecule has 13 heavy (non-hydrogen) atoms. The van der Waals surface area contributed by atoms with Crippen molar-refractivity contribution in [2.24, 2.45) is 0 Å². The maximum Gasteiger partial charge on any atom is 1.00 e. The Morgan fingerprint density at radius 1 is 1.46 bits per heavy atom. The molecule has 0 aliphatic heterocycles. The molecule has 0 N–H and O–H groups in total. The number of hydrogen-bond acceptors (Lipinski definition) is 3. The minimum atomic E-state index is -1.26. The molecular weight excluding hydrogens is 163 g/mol. The van der Waals surface area contributed by atoms with E-state index in [4.69, 9.17) is 0 Å². The number of carbonyl (C=O) groups excluding carboxylic acids is 1. The molecule has 0 radical (unpaired) electrons. The molecule has 0 aliphatic carbocycles. The zero-order chi connectivity index (χ0) is 8.55. The van der Waals surface area contributed by atoms with Gasteiger partial charge in [-0.25, -0.2) is 4.98 Å². The van der Waals surface area contributed by atoms with E-state index in [1.54, 1.807) is 24.4 Å². The predicted octanol–water partition coefficient (Wildman–Crippen LogP) is -2.77. The number of nitrogens with zero attached hydrogens (tertiary/aromatic N) is 2. The second kappa shape index (κ2) is 3.65. The summed E-state index contributed by atoms with van der Waals surface area (Å²) in [6, 6.07) is 5.22. The second-order valence-corrected chi connectivity index (χ2v) is 2.37. The summed E-state index contributed by atoms with van der Waals surface area (Å²) in [6.07, 6.45) is 1.71. The molecule has 2 heterocycles. The van der Waals surface area contributed by atoms with Crippen molar-refractivity contribution >= 4 is 17.1 Å². The molecule has 0 amide bonds. The normalized spacial score (nSPS) is 9.54. The number of hydrogen-bond donors (Lipinski definition) is 0. The fourth-order valence-electron chi connectivity index (χ4n) is 1.11. The number of pyridine rings is 1. The van der Waals surface area contributed by atoms with Gasteiger partial charge in [-0.05, 0) is 18.2 Å². The van der Waals surface area contributed by atoms with Crippen LogP contribution in [0.15, 0.2) is 30.6 Å². The van der Waals surface area contributed by atoms with Gasteiger partial charge in [-0.2, -0.15) is 0 Å². The van der Waals surface area contributed by atoms with Crippen LogP contribution < -0.4 is 24.0 Å². The molecule has 4 nitrogen and oxygen atoms in total. The van der Waals surface area contributed by atoms with Crippen LogP contribution >= 0.6 is 0 Å². The van der Waals surface area contributed by atoms with E-state index < -0.39 is 6.09 Å². The molecule has 0 spiro atoms. The molecule has 0 aliphatic rings. The smallest absolute Gasteiger partial charge is 0.529 e. The van der Waals surface area contributed by atoms with E-state index in [1.165, 1.54) is 6.20 Å². The van der Waals surface area contributed by atoms with Crippen LogP contribution in [0.3, 0.4) is 0 Å². The first kappa shape index (κ1) is 9.84. The number of fused-ring (bicyclic) bond motifs is 1. The Balaban J connectivity index is 0.000000845. The van der Waals surface area contributed by atoms with Crippen LogP contribution in [-0.2, 0) is 0 Å². The van der Waals surface area contributed by atoms with E-state index in [9.17, 15) is 9.90 Å². The van der Waals surface area contributed by atoms with Crippen molar-refractivity contribution in [3.05, 3.63) is 30.6 Å². The maximum absolute atomic E-state index is 10.5. The molecule has 0 saturated heterocycles. The molecule has 2 aromatic rings. The van der Waals surface area contributed by atoms with E-state index in [-0.39, 0.29) is 18.9 Å². The molecule has 2 rings (SSSR count). The maximum atomic E-state index is 10.5. The van der Waals surface area contributed by atoms with Crippen LogP contribution in [0.25, 0.3) is 11.0 Å². The third kappa shape index (κ3) is 1.59. The van der Waals surface area contributed by atoms with Gasteiger partial charge in [0.05, 0.1) is 0 Å². The van der Waals surface area contributed by atoms with E-state index >= 15 is 0 Å². The third-order valence-corrected chi connectivity index (χ3v) is 1.64. The Hall–Kier alpha value is -1.24. The summed E-state index contributed by atoms with van der Waals surface area (Å²) < 4.78 is 0.981. The molecule has 0 atom stereocenters. The van der Waals surface area contributed by atoms with Gasteiger partial charge in [0, 0.05) is 17.8 Å². The van der Waals surface area contributed by atoms with Crippen LogP contribution in [0.1, 0.15) is 0 Å². The van der Waals surface area contributed by atoms with Crippen LogP contribution in [0, 0.1) is 0 Å². The van der Waals surface area contributed by atoms with Crippen molar-refractivity contribution in [1.82, 2.24) is 9.55 Å². The molecule has 0 fully saturated rings. The number of carboxylic acid groups (broad SMARTS) is 1. The van der Waals surface area contributed by atoms with Gasteiger partial charge in [0.2, 0.25) is 0 Å². The molecule has 2 aromatic heterocycles. The van der Waals surface area contributed by atoms with Crippen molar-refractivity contribution in [3.63, 3.8) is 0 Å². The zero-order valence-corrected chi connectivity index (χ0v) is 7.10. The van der Waals surface area contributed by atoms with E-state index in [1.807, 2.05) is 0 Å². The monoisotopic (exact) mass is 168 g/mol. The molecule has 0 aromatic carbocycles. The third-order valence-electron chi connectivity index (χ3n) is 1.64. The standard InChI is InChI=1S/C8H6N2O2.Li/c11-8(12)10-5-3-6-2-1-4-9-7(6)10;/h1-5H,(H,11,12);/q;+1/p-1. The average Bonchev–Trinajstić information content (AvgIpc) is 2.47. The minimum absolute atomic E-state index is 0. The SMILES string of the molecule is O=C([O-])n1ccc2cccnc21.[Li+].